The van der Waals surface area contributed by atoms with Crippen molar-refractivity contribution in [2.24, 2.45) is 0 Å². The quantitative estimate of drug-likeness (QED) is 0.625. The van der Waals surface area contributed by atoms with E-state index in [1.807, 2.05) is 0 Å². The zero-order chi connectivity index (χ0) is 9.10. The summed E-state index contributed by atoms with van der Waals surface area (Å²) >= 11 is 0. The predicted molar refractivity (Wildman–Crippen MR) is 50.9 cm³/mol. The Morgan fingerprint density at radius 1 is 1.46 bits per heavy atom. The van der Waals surface area contributed by atoms with Gasteiger partial charge in [0.2, 0.25) is 0 Å². The van der Waals surface area contributed by atoms with Gasteiger partial charge in [-0.3, -0.25) is 4.90 Å². The molecule has 1 saturated heterocycles. The van der Waals surface area contributed by atoms with Crippen LogP contribution in [0.25, 0.3) is 0 Å². The summed E-state index contributed by atoms with van der Waals surface area (Å²) in [6, 6.07) is 2.89. The van der Waals surface area contributed by atoms with Crippen LogP contribution in [0.4, 0.5) is 0 Å². The lowest BCUT2D eigenvalue weighted by molar-refractivity contribution is 0.125. The fourth-order valence-corrected chi connectivity index (χ4v) is 2.10. The molecule has 0 radical (unpaired) electrons. The minimum Gasteiger partial charge on any atom is -0.372 e. The number of rotatable bonds is 2. The highest BCUT2D eigenvalue weighted by Crippen LogP contribution is 2.19. The average Bonchev–Trinajstić information content (AvgIpc) is 2.61. The number of fused-ring (bicyclic) bond motifs is 1. The fourth-order valence-electron chi connectivity index (χ4n) is 2.10. The summed E-state index contributed by atoms with van der Waals surface area (Å²) < 4.78 is 0. The Bertz CT molecular complexity index is 241. The van der Waals surface area contributed by atoms with Crippen LogP contribution in [-0.4, -0.2) is 42.0 Å². The first kappa shape index (κ1) is 8.58. The summed E-state index contributed by atoms with van der Waals surface area (Å²) in [5.74, 6) is 0. The van der Waals surface area contributed by atoms with Gasteiger partial charge in [0.15, 0.2) is 0 Å². The van der Waals surface area contributed by atoms with Crippen LogP contribution in [0.1, 0.15) is 12.8 Å². The van der Waals surface area contributed by atoms with Gasteiger partial charge in [0, 0.05) is 38.6 Å². The molecule has 0 spiro atoms. The molecule has 2 aliphatic rings. The second kappa shape index (κ2) is 3.80. The number of piperazine rings is 1. The first-order valence-electron chi connectivity index (χ1n) is 4.92. The molecule has 2 heterocycles. The molecule has 1 fully saturated rings. The third kappa shape index (κ3) is 1.84. The predicted octanol–water partition coefficient (Wildman–Crippen LogP) is 0.804. The Kier molecular flexibility index (Phi) is 2.51. The van der Waals surface area contributed by atoms with Crippen molar-refractivity contribution in [3.8, 4) is 6.07 Å². The summed E-state index contributed by atoms with van der Waals surface area (Å²) in [6.07, 6.45) is 6.31. The van der Waals surface area contributed by atoms with E-state index >= 15 is 0 Å². The zero-order valence-electron chi connectivity index (χ0n) is 7.82. The molecule has 2 aliphatic heterocycles. The molecule has 0 aliphatic carbocycles. The van der Waals surface area contributed by atoms with Crippen LogP contribution >= 0.6 is 0 Å². The highest BCUT2D eigenvalue weighted by atomic mass is 15.3. The molecule has 1 atom stereocenters. The van der Waals surface area contributed by atoms with E-state index in [4.69, 9.17) is 5.26 Å². The van der Waals surface area contributed by atoms with E-state index in [-0.39, 0.29) is 0 Å². The van der Waals surface area contributed by atoms with Gasteiger partial charge in [-0.2, -0.15) is 5.26 Å². The molecule has 0 saturated carbocycles. The van der Waals surface area contributed by atoms with Gasteiger partial charge in [-0.15, -0.1) is 0 Å². The molecule has 3 nitrogen and oxygen atoms in total. The van der Waals surface area contributed by atoms with Gasteiger partial charge in [0.1, 0.15) is 0 Å². The van der Waals surface area contributed by atoms with E-state index in [1.165, 1.54) is 6.42 Å². The lowest BCUT2D eigenvalue weighted by Crippen LogP contribution is -2.49. The van der Waals surface area contributed by atoms with Crippen molar-refractivity contribution in [1.82, 2.24) is 9.80 Å². The van der Waals surface area contributed by atoms with E-state index in [1.54, 1.807) is 0 Å². The Morgan fingerprint density at radius 2 is 2.38 bits per heavy atom. The third-order valence-electron chi connectivity index (χ3n) is 2.86. The van der Waals surface area contributed by atoms with Crippen LogP contribution < -0.4 is 0 Å². The Morgan fingerprint density at radius 3 is 3.23 bits per heavy atom. The standard InChI is InChI=1S/C10H15N3/c11-4-2-5-12-7-8-13-6-1-3-10(13)9-12/h1,6,10H,2-3,5,7-9H2. The van der Waals surface area contributed by atoms with Crippen molar-refractivity contribution >= 4 is 0 Å². The summed E-state index contributed by atoms with van der Waals surface area (Å²) in [4.78, 5) is 4.82. The molecule has 70 valence electrons. The van der Waals surface area contributed by atoms with Gasteiger partial charge in [-0.1, -0.05) is 6.08 Å². The second-order valence-electron chi connectivity index (χ2n) is 3.72. The maximum absolute atomic E-state index is 8.48. The molecular formula is C10H15N3. The van der Waals surface area contributed by atoms with Gasteiger partial charge in [-0.05, 0) is 12.6 Å². The Balaban J connectivity index is 1.82. The molecule has 0 aromatic heterocycles. The maximum atomic E-state index is 8.48. The SMILES string of the molecule is N#CCCN1CCN2C=CCC2C1. The van der Waals surface area contributed by atoms with Crippen LogP contribution in [0, 0.1) is 11.3 Å². The van der Waals surface area contributed by atoms with Crippen LogP contribution in [0.5, 0.6) is 0 Å². The molecule has 1 unspecified atom stereocenters. The van der Waals surface area contributed by atoms with Gasteiger partial charge in [-0.25, -0.2) is 0 Å². The summed E-state index contributed by atoms with van der Waals surface area (Å²) in [7, 11) is 0. The van der Waals surface area contributed by atoms with Gasteiger partial charge >= 0.3 is 0 Å². The maximum Gasteiger partial charge on any atom is 0.0635 e. The van der Waals surface area contributed by atoms with Crippen molar-refractivity contribution in [3.63, 3.8) is 0 Å². The van der Waals surface area contributed by atoms with Crippen molar-refractivity contribution in [3.05, 3.63) is 12.3 Å². The minimum absolute atomic E-state index is 0.667. The van der Waals surface area contributed by atoms with Crippen LogP contribution in [-0.2, 0) is 0 Å². The van der Waals surface area contributed by atoms with Crippen LogP contribution in [0.15, 0.2) is 12.3 Å². The molecule has 0 aromatic carbocycles. The zero-order valence-corrected chi connectivity index (χ0v) is 7.82. The molecule has 0 N–H and O–H groups in total. The number of nitriles is 1. The highest BCUT2D eigenvalue weighted by molar-refractivity contribution is 5.01. The van der Waals surface area contributed by atoms with Gasteiger partial charge in [0.05, 0.1) is 6.07 Å². The van der Waals surface area contributed by atoms with E-state index in [0.717, 1.165) is 26.2 Å². The molecule has 0 aromatic rings. The molecule has 0 amide bonds. The largest absolute Gasteiger partial charge is 0.372 e. The topological polar surface area (TPSA) is 30.3 Å². The molecule has 3 heteroatoms. The summed E-state index contributed by atoms with van der Waals surface area (Å²) in [6.45, 7) is 4.32. The van der Waals surface area contributed by atoms with Crippen molar-refractivity contribution in [2.45, 2.75) is 18.9 Å². The van der Waals surface area contributed by atoms with Gasteiger partial charge in [0.25, 0.3) is 0 Å². The van der Waals surface area contributed by atoms with Gasteiger partial charge < -0.3 is 4.90 Å². The lowest BCUT2D eigenvalue weighted by Gasteiger charge is -2.37. The van der Waals surface area contributed by atoms with E-state index in [0.29, 0.717) is 12.5 Å². The van der Waals surface area contributed by atoms with Crippen LogP contribution in [0.2, 0.25) is 0 Å². The number of nitrogens with zero attached hydrogens (tertiary/aromatic N) is 3. The van der Waals surface area contributed by atoms with Crippen molar-refractivity contribution in [2.75, 3.05) is 26.2 Å². The first-order chi connectivity index (χ1) is 6.40. The first-order valence-corrected chi connectivity index (χ1v) is 4.92. The van der Waals surface area contributed by atoms with E-state index in [2.05, 4.69) is 28.1 Å². The highest BCUT2D eigenvalue weighted by Gasteiger charge is 2.26. The number of hydrogen-bond donors (Lipinski definition) is 0. The minimum atomic E-state index is 0.667. The fraction of sp³-hybridized carbons (Fsp3) is 0.700. The third-order valence-corrected chi connectivity index (χ3v) is 2.86. The summed E-state index contributed by atoms with van der Waals surface area (Å²) in [5.41, 5.74) is 0. The normalized spacial score (nSPS) is 27.3. The molecule has 2 rings (SSSR count). The molecule has 0 bridgehead atoms. The smallest absolute Gasteiger partial charge is 0.0635 e. The van der Waals surface area contributed by atoms with E-state index in [9.17, 15) is 0 Å². The van der Waals surface area contributed by atoms with Crippen LogP contribution in [0.3, 0.4) is 0 Å². The molecular weight excluding hydrogens is 162 g/mol. The van der Waals surface area contributed by atoms with Crippen molar-refractivity contribution in [1.29, 1.82) is 5.26 Å². The second-order valence-corrected chi connectivity index (χ2v) is 3.72. The Labute approximate surface area is 79.2 Å². The Hall–Kier alpha value is -1.01. The number of hydrogen-bond acceptors (Lipinski definition) is 3. The molecule has 13 heavy (non-hydrogen) atoms. The monoisotopic (exact) mass is 177 g/mol. The lowest BCUT2D eigenvalue weighted by atomic mass is 10.1. The summed E-state index contributed by atoms with van der Waals surface area (Å²) in [5, 5.41) is 8.48. The van der Waals surface area contributed by atoms with E-state index < -0.39 is 0 Å². The van der Waals surface area contributed by atoms with Crippen molar-refractivity contribution < 1.29 is 0 Å². The average molecular weight is 177 g/mol.